The number of carboxylic acid groups (broad SMARTS) is 1. The summed E-state index contributed by atoms with van der Waals surface area (Å²) in [7, 11) is 0. The van der Waals surface area contributed by atoms with Gasteiger partial charge in [0.05, 0.1) is 6.61 Å². The Morgan fingerprint density at radius 1 is 1.29 bits per heavy atom. The number of hydrogen-bond acceptors (Lipinski definition) is 3. The Labute approximate surface area is 111 Å². The normalized spacial score (nSPS) is 16.0. The Bertz CT molecular complexity index is 238. The van der Waals surface area contributed by atoms with Gasteiger partial charge in [-0.05, 0) is 25.7 Å². The maximum Gasteiger partial charge on any atom is 0.417 e. The number of esters is 1. The van der Waals surface area contributed by atoms with Crippen molar-refractivity contribution in [1.29, 1.82) is 0 Å². The van der Waals surface area contributed by atoms with E-state index in [4.69, 9.17) is 28.3 Å². The van der Waals surface area contributed by atoms with Crippen LogP contribution in [0.25, 0.3) is 0 Å². The molecule has 0 saturated heterocycles. The SMILES string of the molecule is CCOC(=O)C(=O)O.ClC(Cl)C1CCCCC1. The molecule has 1 saturated carbocycles. The molecule has 0 aromatic rings. The second kappa shape index (κ2) is 9.54. The summed E-state index contributed by atoms with van der Waals surface area (Å²) in [6.45, 7) is 1.64. The second-order valence-corrected chi connectivity index (χ2v) is 4.92. The lowest BCUT2D eigenvalue weighted by Gasteiger charge is -2.21. The molecular formula is C11H18Cl2O4. The number of aliphatic carboxylic acids is 1. The van der Waals surface area contributed by atoms with Gasteiger partial charge in [-0.25, -0.2) is 9.59 Å². The van der Waals surface area contributed by atoms with Crippen LogP contribution in [0.15, 0.2) is 0 Å². The van der Waals surface area contributed by atoms with Gasteiger partial charge in [-0.2, -0.15) is 0 Å². The average Bonchev–Trinajstić information content (AvgIpc) is 2.31. The summed E-state index contributed by atoms with van der Waals surface area (Å²) in [5.41, 5.74) is 0. The Morgan fingerprint density at radius 2 is 1.82 bits per heavy atom. The summed E-state index contributed by atoms with van der Waals surface area (Å²) in [4.78, 5) is 19.4. The predicted molar refractivity (Wildman–Crippen MR) is 66.3 cm³/mol. The summed E-state index contributed by atoms with van der Waals surface area (Å²) in [6.07, 6.45) is 6.48. The van der Waals surface area contributed by atoms with E-state index in [1.807, 2.05) is 0 Å². The molecule has 0 unspecified atom stereocenters. The van der Waals surface area contributed by atoms with E-state index in [1.54, 1.807) is 6.92 Å². The van der Waals surface area contributed by atoms with Crippen molar-refractivity contribution in [1.82, 2.24) is 0 Å². The van der Waals surface area contributed by atoms with Crippen molar-refractivity contribution in [2.45, 2.75) is 43.9 Å². The molecular weight excluding hydrogens is 267 g/mol. The highest BCUT2D eigenvalue weighted by Gasteiger charge is 2.18. The first-order chi connectivity index (χ1) is 7.99. The molecule has 17 heavy (non-hydrogen) atoms. The maximum atomic E-state index is 9.92. The number of carbonyl (C=O) groups is 2. The molecule has 1 fully saturated rings. The van der Waals surface area contributed by atoms with E-state index in [0.29, 0.717) is 5.92 Å². The van der Waals surface area contributed by atoms with Crippen molar-refractivity contribution >= 4 is 35.1 Å². The number of carboxylic acids is 1. The highest BCUT2D eigenvalue weighted by molar-refractivity contribution is 6.44. The Morgan fingerprint density at radius 3 is 2.06 bits per heavy atom. The summed E-state index contributed by atoms with van der Waals surface area (Å²) in [5.74, 6) is -2.17. The Balaban J connectivity index is 0.000000304. The molecule has 6 heteroatoms. The minimum Gasteiger partial charge on any atom is -0.473 e. The molecule has 0 bridgehead atoms. The number of rotatable bonds is 2. The topological polar surface area (TPSA) is 63.6 Å². The van der Waals surface area contributed by atoms with E-state index >= 15 is 0 Å². The first-order valence-corrected chi connectivity index (χ1v) is 6.54. The molecule has 0 amide bonds. The molecule has 100 valence electrons. The molecule has 0 aromatic carbocycles. The largest absolute Gasteiger partial charge is 0.473 e. The van der Waals surface area contributed by atoms with Crippen molar-refractivity contribution in [3.63, 3.8) is 0 Å². The fraction of sp³-hybridized carbons (Fsp3) is 0.818. The molecule has 0 spiro atoms. The average molecular weight is 285 g/mol. The fourth-order valence-corrected chi connectivity index (χ4v) is 2.08. The van der Waals surface area contributed by atoms with Gasteiger partial charge in [0.15, 0.2) is 0 Å². The fourth-order valence-electron chi connectivity index (χ4n) is 1.58. The van der Waals surface area contributed by atoms with Crippen molar-refractivity contribution in [3.05, 3.63) is 0 Å². The molecule has 1 aliphatic carbocycles. The van der Waals surface area contributed by atoms with E-state index < -0.39 is 11.9 Å². The molecule has 0 aromatic heterocycles. The van der Waals surface area contributed by atoms with Gasteiger partial charge >= 0.3 is 11.9 Å². The van der Waals surface area contributed by atoms with Crippen molar-refractivity contribution in [2.75, 3.05) is 6.61 Å². The van der Waals surface area contributed by atoms with Crippen LogP contribution in [0.3, 0.4) is 0 Å². The van der Waals surface area contributed by atoms with Crippen LogP contribution >= 0.6 is 23.2 Å². The summed E-state index contributed by atoms with van der Waals surface area (Å²) < 4.78 is 4.06. The van der Waals surface area contributed by atoms with Crippen molar-refractivity contribution < 1.29 is 19.4 Å². The number of ether oxygens (including phenoxy) is 1. The number of hydrogen-bond donors (Lipinski definition) is 1. The summed E-state index contributed by atoms with van der Waals surface area (Å²) in [5, 5.41) is 7.84. The minimum atomic E-state index is -1.55. The lowest BCUT2D eigenvalue weighted by Crippen LogP contribution is -2.15. The van der Waals surface area contributed by atoms with Gasteiger partial charge in [-0.3, -0.25) is 0 Å². The number of alkyl halides is 2. The molecule has 0 atom stereocenters. The van der Waals surface area contributed by atoms with Crippen LogP contribution in [0.4, 0.5) is 0 Å². The predicted octanol–water partition coefficient (Wildman–Crippen LogP) is 3.00. The zero-order valence-corrected chi connectivity index (χ0v) is 11.3. The van der Waals surface area contributed by atoms with Gasteiger partial charge < -0.3 is 9.84 Å². The van der Waals surface area contributed by atoms with Gasteiger partial charge in [-0.1, -0.05) is 19.3 Å². The molecule has 4 nitrogen and oxygen atoms in total. The smallest absolute Gasteiger partial charge is 0.417 e. The van der Waals surface area contributed by atoms with E-state index in [2.05, 4.69) is 4.74 Å². The van der Waals surface area contributed by atoms with Gasteiger partial charge in [0.25, 0.3) is 0 Å². The summed E-state index contributed by atoms with van der Waals surface area (Å²) >= 11 is 11.4. The van der Waals surface area contributed by atoms with Crippen molar-refractivity contribution in [2.24, 2.45) is 5.92 Å². The molecule has 0 radical (unpaired) electrons. The third-order valence-corrected chi connectivity index (χ3v) is 3.17. The molecule has 1 rings (SSSR count). The van der Waals surface area contributed by atoms with Crippen LogP contribution in [0.2, 0.25) is 0 Å². The highest BCUT2D eigenvalue weighted by Crippen LogP contribution is 2.30. The molecule has 1 N–H and O–H groups in total. The van der Waals surface area contributed by atoms with Crippen molar-refractivity contribution in [3.8, 4) is 0 Å². The van der Waals surface area contributed by atoms with Crippen LogP contribution in [0.1, 0.15) is 39.0 Å². The number of carbonyl (C=O) groups excluding carboxylic acids is 1. The third kappa shape index (κ3) is 8.27. The first kappa shape index (κ1) is 16.5. The second-order valence-electron chi connectivity index (χ2n) is 3.76. The Kier molecular flexibility index (Phi) is 9.27. The minimum absolute atomic E-state index is 0.102. The summed E-state index contributed by atoms with van der Waals surface area (Å²) in [6, 6.07) is 0. The lowest BCUT2D eigenvalue weighted by atomic mass is 9.91. The van der Waals surface area contributed by atoms with Crippen LogP contribution < -0.4 is 0 Å². The molecule has 0 heterocycles. The zero-order valence-electron chi connectivity index (χ0n) is 9.83. The molecule has 0 aliphatic heterocycles. The maximum absolute atomic E-state index is 9.92. The molecule has 1 aliphatic rings. The van der Waals surface area contributed by atoms with Crippen LogP contribution in [0.5, 0.6) is 0 Å². The van der Waals surface area contributed by atoms with E-state index in [9.17, 15) is 9.59 Å². The quantitative estimate of drug-likeness (QED) is 0.481. The van der Waals surface area contributed by atoms with Gasteiger partial charge in [-0.15, -0.1) is 23.2 Å². The zero-order chi connectivity index (χ0) is 13.3. The van der Waals surface area contributed by atoms with Gasteiger partial charge in [0.1, 0.15) is 4.84 Å². The number of halogens is 2. The monoisotopic (exact) mass is 284 g/mol. The standard InChI is InChI=1S/C7H12Cl2.C4H6O4/c8-7(9)6-4-2-1-3-5-6;1-2-8-4(7)3(5)6/h6-7H,1-5H2;2H2,1H3,(H,5,6). The van der Waals surface area contributed by atoms with E-state index in [-0.39, 0.29) is 11.4 Å². The van der Waals surface area contributed by atoms with Crippen LogP contribution in [-0.4, -0.2) is 28.5 Å². The van der Waals surface area contributed by atoms with Gasteiger partial charge in [0.2, 0.25) is 0 Å². The third-order valence-electron chi connectivity index (χ3n) is 2.46. The lowest BCUT2D eigenvalue weighted by molar-refractivity contribution is -0.163. The van der Waals surface area contributed by atoms with Gasteiger partial charge in [0, 0.05) is 0 Å². The van der Waals surface area contributed by atoms with Crippen LogP contribution in [-0.2, 0) is 14.3 Å². The van der Waals surface area contributed by atoms with E-state index in [0.717, 1.165) is 0 Å². The van der Waals surface area contributed by atoms with E-state index in [1.165, 1.54) is 32.1 Å². The first-order valence-electron chi connectivity index (χ1n) is 5.67. The highest BCUT2D eigenvalue weighted by atomic mass is 35.5. The Hall–Kier alpha value is -0.480. The van der Waals surface area contributed by atoms with Crippen LogP contribution in [0, 0.1) is 5.92 Å².